The van der Waals surface area contributed by atoms with Crippen molar-refractivity contribution in [2.24, 2.45) is 17.6 Å². The van der Waals surface area contributed by atoms with Crippen LogP contribution >= 0.6 is 12.4 Å². The van der Waals surface area contributed by atoms with Crippen molar-refractivity contribution in [2.75, 3.05) is 18.0 Å². The van der Waals surface area contributed by atoms with Crippen molar-refractivity contribution >= 4 is 24.1 Å². The smallest absolute Gasteiger partial charge is 0.345 e. The molecule has 8 heteroatoms. The number of halogens is 1. The first-order valence-electron chi connectivity index (χ1n) is 9.81. The molecule has 1 aliphatic heterocycles. The van der Waals surface area contributed by atoms with E-state index in [1.165, 1.54) is 0 Å². The molecule has 7 nitrogen and oxygen atoms in total. The van der Waals surface area contributed by atoms with Gasteiger partial charge in [0, 0.05) is 35.9 Å². The third-order valence-corrected chi connectivity index (χ3v) is 6.61. The summed E-state index contributed by atoms with van der Waals surface area (Å²) in [6.07, 6.45) is 3.17. The summed E-state index contributed by atoms with van der Waals surface area (Å²) in [5, 5.41) is 19.8. The molecule has 2 aromatic rings. The number of benzene rings is 1. The van der Waals surface area contributed by atoms with Gasteiger partial charge in [-0.2, -0.15) is 0 Å². The molecule has 2 aliphatic carbocycles. The zero-order valence-electron chi connectivity index (χ0n) is 15.9. The van der Waals surface area contributed by atoms with Gasteiger partial charge in [0.25, 0.3) is 5.56 Å². The van der Waals surface area contributed by atoms with E-state index in [1.54, 1.807) is 0 Å². The summed E-state index contributed by atoms with van der Waals surface area (Å²) in [6.45, 7) is 1.97. The fourth-order valence-corrected chi connectivity index (χ4v) is 4.93. The lowest BCUT2D eigenvalue weighted by Crippen LogP contribution is -2.28. The molecule has 0 radical (unpaired) electrons. The third kappa shape index (κ3) is 3.09. The minimum absolute atomic E-state index is 0. The highest BCUT2D eigenvalue weighted by Gasteiger charge is 2.53. The topological polar surface area (TPSA) is 120 Å². The van der Waals surface area contributed by atoms with E-state index in [0.29, 0.717) is 35.6 Å². The number of nitrogens with two attached hydrogens (primary N) is 1. The van der Waals surface area contributed by atoms with Gasteiger partial charge < -0.3 is 25.8 Å². The first-order valence-corrected chi connectivity index (χ1v) is 9.81. The molecule has 1 saturated carbocycles. The van der Waals surface area contributed by atoms with Crippen molar-refractivity contribution in [3.63, 3.8) is 0 Å². The molecule has 3 atom stereocenters. The number of hydrogen-bond donors (Lipinski definition) is 4. The van der Waals surface area contributed by atoms with Crippen LogP contribution in [0.1, 0.15) is 34.3 Å². The molecule has 2 heterocycles. The summed E-state index contributed by atoms with van der Waals surface area (Å²) in [5.41, 5.74) is 8.89. The SMILES string of the molecule is Cl.NC1[C@H]2CN(c3ccc4c(c3)CCCCc3c-4[nH]c(=O)c(C(=O)O)c3O)C[C@@H]12. The minimum atomic E-state index is -1.41. The Morgan fingerprint density at radius 1 is 1.17 bits per heavy atom. The van der Waals surface area contributed by atoms with E-state index in [0.717, 1.165) is 49.2 Å². The Kier molecular flexibility index (Phi) is 4.83. The van der Waals surface area contributed by atoms with Crippen LogP contribution in [0.3, 0.4) is 0 Å². The average Bonchev–Trinajstić information content (AvgIpc) is 3.03. The van der Waals surface area contributed by atoms with Gasteiger partial charge in [-0.15, -0.1) is 12.4 Å². The number of rotatable bonds is 2. The number of aromatic carboxylic acids is 1. The number of aromatic nitrogens is 1. The van der Waals surface area contributed by atoms with Crippen LogP contribution in [0.2, 0.25) is 0 Å². The number of hydrogen-bond acceptors (Lipinski definition) is 5. The van der Waals surface area contributed by atoms with Gasteiger partial charge in [0.2, 0.25) is 0 Å². The minimum Gasteiger partial charge on any atom is -0.506 e. The van der Waals surface area contributed by atoms with Crippen molar-refractivity contribution in [1.29, 1.82) is 0 Å². The summed E-state index contributed by atoms with van der Waals surface area (Å²) < 4.78 is 0. The number of aromatic amines is 1. The third-order valence-electron chi connectivity index (χ3n) is 6.61. The number of carbonyl (C=O) groups is 1. The van der Waals surface area contributed by atoms with Crippen molar-refractivity contribution in [3.8, 4) is 17.0 Å². The van der Waals surface area contributed by atoms with Gasteiger partial charge in [0.05, 0.1) is 5.69 Å². The first-order chi connectivity index (χ1) is 13.5. The maximum Gasteiger partial charge on any atom is 0.345 e. The van der Waals surface area contributed by atoms with Gasteiger partial charge >= 0.3 is 5.97 Å². The molecule has 154 valence electrons. The predicted octanol–water partition coefficient (Wildman–Crippen LogP) is 2.14. The summed E-state index contributed by atoms with van der Waals surface area (Å²) in [5.74, 6) is -0.613. The Balaban J connectivity index is 0.00000205. The lowest BCUT2D eigenvalue weighted by molar-refractivity contribution is 0.0691. The van der Waals surface area contributed by atoms with Gasteiger partial charge in [-0.25, -0.2) is 4.79 Å². The molecule has 0 bridgehead atoms. The van der Waals surface area contributed by atoms with Crippen molar-refractivity contribution in [3.05, 3.63) is 45.2 Å². The molecule has 1 unspecified atom stereocenters. The van der Waals surface area contributed by atoms with Crippen LogP contribution in [0, 0.1) is 11.8 Å². The number of H-pyrrole nitrogens is 1. The first kappa shape index (κ1) is 19.8. The second-order valence-corrected chi connectivity index (χ2v) is 8.20. The highest BCUT2D eigenvalue weighted by Crippen LogP contribution is 2.46. The van der Waals surface area contributed by atoms with Crippen LogP contribution in [0.4, 0.5) is 5.69 Å². The van der Waals surface area contributed by atoms with Gasteiger partial charge in [-0.05, 0) is 55.2 Å². The number of nitrogens with one attached hydrogen (secondary N) is 1. The number of pyridine rings is 1. The van der Waals surface area contributed by atoms with Crippen LogP contribution in [0.5, 0.6) is 5.75 Å². The number of anilines is 1. The summed E-state index contributed by atoms with van der Waals surface area (Å²) >= 11 is 0. The van der Waals surface area contributed by atoms with E-state index in [2.05, 4.69) is 16.0 Å². The summed E-state index contributed by atoms with van der Waals surface area (Å²) in [4.78, 5) is 28.8. The molecule has 0 spiro atoms. The lowest BCUT2D eigenvalue weighted by atomic mass is 9.89. The molecule has 1 saturated heterocycles. The second kappa shape index (κ2) is 7.07. The number of piperidine rings is 1. The summed E-state index contributed by atoms with van der Waals surface area (Å²) in [6, 6.07) is 6.54. The van der Waals surface area contributed by atoms with Gasteiger partial charge in [0.1, 0.15) is 5.75 Å². The fraction of sp³-hybridized carbons (Fsp3) is 0.429. The molecular formula is C21H24ClN3O4. The number of nitrogens with zero attached hydrogens (tertiary/aromatic N) is 1. The zero-order valence-corrected chi connectivity index (χ0v) is 16.7. The predicted molar refractivity (Wildman–Crippen MR) is 112 cm³/mol. The van der Waals surface area contributed by atoms with Crippen LogP contribution in [-0.4, -0.2) is 40.3 Å². The van der Waals surface area contributed by atoms with E-state index in [9.17, 15) is 19.8 Å². The number of carboxylic acids is 1. The van der Waals surface area contributed by atoms with E-state index in [1.807, 2.05) is 12.1 Å². The van der Waals surface area contributed by atoms with E-state index in [4.69, 9.17) is 5.73 Å². The normalized spacial score (nSPS) is 24.4. The Hall–Kier alpha value is -2.51. The highest BCUT2D eigenvalue weighted by molar-refractivity contribution is 5.92. The van der Waals surface area contributed by atoms with Crippen LogP contribution < -0.4 is 16.2 Å². The molecule has 1 aromatic heterocycles. The molecular weight excluding hydrogens is 394 g/mol. The van der Waals surface area contributed by atoms with Gasteiger partial charge in [-0.1, -0.05) is 6.07 Å². The van der Waals surface area contributed by atoms with Gasteiger partial charge in [-0.3, -0.25) is 4.79 Å². The van der Waals surface area contributed by atoms with Gasteiger partial charge in [0.15, 0.2) is 5.56 Å². The number of aryl methyl sites for hydroxylation is 1. The zero-order chi connectivity index (χ0) is 19.6. The molecule has 5 N–H and O–H groups in total. The fourth-order valence-electron chi connectivity index (χ4n) is 4.93. The molecule has 0 amide bonds. The van der Waals surface area contributed by atoms with E-state index < -0.39 is 22.8 Å². The van der Waals surface area contributed by atoms with Crippen LogP contribution in [0.15, 0.2) is 23.0 Å². The van der Waals surface area contributed by atoms with E-state index in [-0.39, 0.29) is 12.4 Å². The number of carboxylic acid groups (broad SMARTS) is 1. The monoisotopic (exact) mass is 417 g/mol. The van der Waals surface area contributed by atoms with Crippen LogP contribution in [-0.2, 0) is 12.8 Å². The van der Waals surface area contributed by atoms with Crippen molar-refractivity contribution < 1.29 is 15.0 Å². The highest BCUT2D eigenvalue weighted by atomic mass is 35.5. The number of fused-ring (bicyclic) bond motifs is 4. The number of aromatic hydroxyl groups is 1. The summed E-state index contributed by atoms with van der Waals surface area (Å²) in [7, 11) is 0. The molecule has 29 heavy (non-hydrogen) atoms. The molecule has 3 aliphatic rings. The maximum absolute atomic E-state index is 12.3. The standard InChI is InChI=1S/C21H23N3O4.ClH/c22-17-14-8-24(9-15(14)17)11-5-6-12-10(7-11)3-1-2-4-13-18(12)23-20(26)16(19(13)25)21(27)28;/h5-7,14-15,17H,1-4,8-9,22H2,(H,27,28)(H2,23,25,26);1H/t14-,15+,17?;. The maximum atomic E-state index is 12.3. The van der Waals surface area contributed by atoms with E-state index >= 15 is 0 Å². The molecule has 2 fully saturated rings. The second-order valence-electron chi connectivity index (χ2n) is 8.20. The Labute approximate surface area is 174 Å². The van der Waals surface area contributed by atoms with Crippen molar-refractivity contribution in [1.82, 2.24) is 4.98 Å². The Bertz CT molecular complexity index is 1040. The average molecular weight is 418 g/mol. The lowest BCUT2D eigenvalue weighted by Gasteiger charge is -2.24. The van der Waals surface area contributed by atoms with Crippen LogP contribution in [0.25, 0.3) is 11.3 Å². The largest absolute Gasteiger partial charge is 0.506 e. The molecule has 5 rings (SSSR count). The Morgan fingerprint density at radius 3 is 2.55 bits per heavy atom. The quantitative estimate of drug-likeness (QED) is 0.594. The van der Waals surface area contributed by atoms with Crippen molar-refractivity contribution in [2.45, 2.75) is 31.7 Å². The Morgan fingerprint density at radius 2 is 1.86 bits per heavy atom. The molecule has 1 aromatic carbocycles.